The molecule has 2 aliphatic rings. The number of halogens is 3. The van der Waals surface area contributed by atoms with E-state index in [1.165, 1.54) is 17.0 Å². The van der Waals surface area contributed by atoms with Gasteiger partial charge in [0.15, 0.2) is 11.5 Å². The number of alkyl halides is 2. The van der Waals surface area contributed by atoms with Crippen molar-refractivity contribution in [2.45, 2.75) is 90.1 Å². The van der Waals surface area contributed by atoms with E-state index in [0.29, 0.717) is 56.7 Å². The Morgan fingerprint density at radius 1 is 1.04 bits per heavy atom. The van der Waals surface area contributed by atoms with Crippen LogP contribution in [0, 0.1) is 17.7 Å². The molecule has 0 radical (unpaired) electrons. The molecule has 11 nitrogen and oxygen atoms in total. The van der Waals surface area contributed by atoms with Gasteiger partial charge in [0.2, 0.25) is 5.91 Å². The lowest BCUT2D eigenvalue weighted by atomic mass is 9.77. The summed E-state index contributed by atoms with van der Waals surface area (Å²) in [5.41, 5.74) is 0.748. The fourth-order valence-electron chi connectivity index (χ4n) is 6.27. The van der Waals surface area contributed by atoms with Crippen LogP contribution in [-0.2, 0) is 27.2 Å². The highest BCUT2D eigenvalue weighted by molar-refractivity contribution is 5.97. The minimum absolute atomic E-state index is 0.00704. The van der Waals surface area contributed by atoms with Gasteiger partial charge in [-0.1, -0.05) is 50.9 Å². The number of nitrogens with zero attached hydrogens (tertiary/aromatic N) is 4. The topological polar surface area (TPSA) is 138 Å². The molecule has 0 bridgehead atoms. The van der Waals surface area contributed by atoms with Crippen LogP contribution in [-0.4, -0.2) is 94.9 Å². The molecule has 14 heteroatoms. The number of carbonyl (C=O) groups excluding carboxylic acids is 4. The molecule has 3 atom stereocenters. The highest BCUT2D eigenvalue weighted by Gasteiger charge is 2.40. The van der Waals surface area contributed by atoms with Crippen LogP contribution in [0.2, 0.25) is 0 Å². The van der Waals surface area contributed by atoms with Gasteiger partial charge in [0.25, 0.3) is 11.8 Å². The van der Waals surface area contributed by atoms with E-state index in [1.807, 2.05) is 11.9 Å². The lowest BCUT2D eigenvalue weighted by Gasteiger charge is -2.36. The van der Waals surface area contributed by atoms with Crippen LogP contribution < -0.4 is 10.6 Å². The normalized spacial score (nSPS) is 21.1. The number of aryl methyl sites for hydroxylation is 1. The summed E-state index contributed by atoms with van der Waals surface area (Å²) >= 11 is 0. The van der Waals surface area contributed by atoms with Crippen LogP contribution in [0.15, 0.2) is 22.8 Å². The summed E-state index contributed by atoms with van der Waals surface area (Å²) in [4.78, 5) is 56.2. The Morgan fingerprint density at radius 3 is 2.30 bits per heavy atom. The molecule has 47 heavy (non-hydrogen) atoms. The minimum atomic E-state index is -3.72. The molecule has 1 aliphatic carbocycles. The van der Waals surface area contributed by atoms with Crippen LogP contribution in [0.3, 0.4) is 0 Å². The first kappa shape index (κ1) is 36.0. The molecule has 1 aliphatic heterocycles. The Hall–Kier alpha value is -3.81. The van der Waals surface area contributed by atoms with E-state index >= 15 is 4.39 Å². The number of rotatable bonds is 12. The molecule has 2 heterocycles. The zero-order chi connectivity index (χ0) is 34.5. The highest BCUT2D eigenvalue weighted by Crippen LogP contribution is 2.32. The van der Waals surface area contributed by atoms with Crippen molar-refractivity contribution in [2.75, 3.05) is 33.2 Å². The van der Waals surface area contributed by atoms with Gasteiger partial charge in [0.1, 0.15) is 17.6 Å². The monoisotopic (exact) mass is 662 g/mol. The van der Waals surface area contributed by atoms with Crippen molar-refractivity contribution in [1.82, 2.24) is 30.7 Å². The zero-order valence-corrected chi connectivity index (χ0v) is 27.7. The molecule has 0 unspecified atom stereocenters. The zero-order valence-electron chi connectivity index (χ0n) is 27.7. The van der Waals surface area contributed by atoms with Crippen LogP contribution in [0.5, 0.6) is 0 Å². The van der Waals surface area contributed by atoms with Crippen molar-refractivity contribution in [3.05, 3.63) is 46.5 Å². The summed E-state index contributed by atoms with van der Waals surface area (Å²) in [5, 5.41) is 12.5. The Kier molecular flexibility index (Phi) is 11.8. The molecule has 258 valence electrons. The molecule has 3 amide bonds. The van der Waals surface area contributed by atoms with Crippen molar-refractivity contribution in [1.29, 1.82) is 0 Å². The number of aromatic nitrogens is 2. The average Bonchev–Trinajstić information content (AvgIpc) is 3.52. The van der Waals surface area contributed by atoms with Gasteiger partial charge in [0.05, 0.1) is 6.04 Å². The Morgan fingerprint density at radius 2 is 1.70 bits per heavy atom. The van der Waals surface area contributed by atoms with Gasteiger partial charge in [-0.3, -0.25) is 19.2 Å². The largest absolute Gasteiger partial charge is 0.340 e. The third-order valence-electron chi connectivity index (χ3n) is 9.51. The van der Waals surface area contributed by atoms with E-state index in [1.54, 1.807) is 13.8 Å². The summed E-state index contributed by atoms with van der Waals surface area (Å²) in [6, 6.07) is 1.87. The van der Waals surface area contributed by atoms with Gasteiger partial charge in [-0.25, -0.2) is 9.02 Å². The molecule has 1 aromatic carbocycles. The van der Waals surface area contributed by atoms with Crippen LogP contribution in [0.4, 0.5) is 13.2 Å². The number of amides is 3. The maximum Gasteiger partial charge on any atom is 0.321 e. The standard InChI is InChI=1S/C33H45F3N6O5/c1-6-25-29(40-47-39-25)30(44)37-28(21-9-7-19(2)8-10-21)26(43)18-23-12-11-22(17-24(23)34)20(3)27(38-32(46)33(4,35)36)31(45)42-15-13-41(5)14-16-42/h11-12,17,19-21,27-28H,6-10,13-16,18H2,1-5H3,(H,37,44)(H,38,46)/t19?,20-,21?,27+,28-/m0/s1. The number of likely N-dealkylation sites (N-methyl/N-ethyl adjacent to an activating group) is 1. The second-order valence-corrected chi connectivity index (χ2v) is 13.1. The SMILES string of the molecule is CCc1nonc1C(=O)N[C@H](C(=O)Cc1ccc([C@H](C)[C@@H](NC(=O)C(C)(F)F)C(=O)N2CCN(C)CC2)cc1F)C1CCC(C)CC1. The molecule has 0 spiro atoms. The van der Waals surface area contributed by atoms with Gasteiger partial charge in [-0.2, -0.15) is 8.78 Å². The van der Waals surface area contributed by atoms with Crippen LogP contribution in [0.25, 0.3) is 0 Å². The van der Waals surface area contributed by atoms with E-state index in [-0.39, 0.29) is 29.4 Å². The number of piperazine rings is 1. The molecular weight excluding hydrogens is 617 g/mol. The smallest absolute Gasteiger partial charge is 0.321 e. The van der Waals surface area contributed by atoms with E-state index < -0.39 is 47.5 Å². The predicted octanol–water partition coefficient (Wildman–Crippen LogP) is 3.53. The summed E-state index contributed by atoms with van der Waals surface area (Å²) in [6.45, 7) is 7.83. The average molecular weight is 663 g/mol. The maximum absolute atomic E-state index is 15.6. The molecule has 4 rings (SSSR count). The summed E-state index contributed by atoms with van der Waals surface area (Å²) in [7, 11) is 1.90. The second-order valence-electron chi connectivity index (χ2n) is 13.1. The Labute approximate surface area is 272 Å². The van der Waals surface area contributed by atoms with Gasteiger partial charge < -0.3 is 20.4 Å². The van der Waals surface area contributed by atoms with Crippen molar-refractivity contribution in [2.24, 2.45) is 11.8 Å². The first-order chi connectivity index (χ1) is 22.2. The summed E-state index contributed by atoms with van der Waals surface area (Å²) in [5.74, 6) is -8.04. The lowest BCUT2D eigenvalue weighted by molar-refractivity contribution is -0.148. The Bertz CT molecular complexity index is 1430. The van der Waals surface area contributed by atoms with Gasteiger partial charge in [0, 0.05) is 45.4 Å². The fourth-order valence-corrected chi connectivity index (χ4v) is 6.27. The maximum atomic E-state index is 15.6. The van der Waals surface area contributed by atoms with Crippen LogP contribution >= 0.6 is 0 Å². The van der Waals surface area contributed by atoms with Gasteiger partial charge in [-0.05, 0) is 60.5 Å². The Balaban J connectivity index is 1.54. The molecule has 1 saturated carbocycles. The number of carbonyl (C=O) groups is 4. The van der Waals surface area contributed by atoms with Crippen molar-refractivity contribution in [3.8, 4) is 0 Å². The quantitative estimate of drug-likeness (QED) is 0.352. The molecule has 2 N–H and O–H groups in total. The number of Topliss-reactive ketones (excluding diaryl/α,β-unsaturated/α-hetero) is 1. The summed E-state index contributed by atoms with van der Waals surface area (Å²) < 4.78 is 48.1. The van der Waals surface area contributed by atoms with Crippen LogP contribution in [0.1, 0.15) is 86.6 Å². The van der Waals surface area contributed by atoms with Crippen molar-refractivity contribution >= 4 is 23.5 Å². The molecular formula is C33H45F3N6O5. The fraction of sp³-hybridized carbons (Fsp3) is 0.636. The van der Waals surface area contributed by atoms with E-state index in [4.69, 9.17) is 4.63 Å². The third-order valence-corrected chi connectivity index (χ3v) is 9.51. The summed E-state index contributed by atoms with van der Waals surface area (Å²) in [6.07, 6.45) is 3.34. The number of hydrogen-bond donors (Lipinski definition) is 2. The molecule has 1 aromatic heterocycles. The second kappa shape index (κ2) is 15.4. The van der Waals surface area contributed by atoms with E-state index in [2.05, 4.69) is 27.9 Å². The highest BCUT2D eigenvalue weighted by atomic mass is 19.3. The minimum Gasteiger partial charge on any atom is -0.340 e. The first-order valence-corrected chi connectivity index (χ1v) is 16.3. The molecule has 1 saturated heterocycles. The number of ketones is 1. The van der Waals surface area contributed by atoms with E-state index in [9.17, 15) is 28.0 Å². The third kappa shape index (κ3) is 8.96. The van der Waals surface area contributed by atoms with E-state index in [0.717, 1.165) is 31.7 Å². The number of nitrogens with one attached hydrogen (secondary N) is 2. The molecule has 2 fully saturated rings. The van der Waals surface area contributed by atoms with Gasteiger partial charge >= 0.3 is 5.92 Å². The number of benzene rings is 1. The lowest BCUT2D eigenvalue weighted by Crippen LogP contribution is -2.57. The van der Waals surface area contributed by atoms with Crippen molar-refractivity contribution in [3.63, 3.8) is 0 Å². The first-order valence-electron chi connectivity index (χ1n) is 16.3. The number of hydrogen-bond acceptors (Lipinski definition) is 8. The predicted molar refractivity (Wildman–Crippen MR) is 166 cm³/mol. The van der Waals surface area contributed by atoms with Gasteiger partial charge in [-0.15, -0.1) is 0 Å². The molecule has 2 aromatic rings. The van der Waals surface area contributed by atoms with Crippen molar-refractivity contribution < 1.29 is 37.0 Å².